The highest BCUT2D eigenvalue weighted by atomic mass is 79.9. The summed E-state index contributed by atoms with van der Waals surface area (Å²) in [4.78, 5) is 0. The molecule has 134 valence electrons. The van der Waals surface area contributed by atoms with Crippen molar-refractivity contribution in [1.29, 1.82) is 0 Å². The van der Waals surface area contributed by atoms with E-state index < -0.39 is 23.4 Å². The van der Waals surface area contributed by atoms with Crippen molar-refractivity contribution in [1.82, 2.24) is 0 Å². The van der Waals surface area contributed by atoms with Crippen molar-refractivity contribution in [3.8, 4) is 22.6 Å². The second-order valence-corrected chi connectivity index (χ2v) is 6.31. The smallest absolute Gasteiger partial charge is 0.417 e. The maximum Gasteiger partial charge on any atom is 0.417 e. The van der Waals surface area contributed by atoms with Gasteiger partial charge >= 0.3 is 6.18 Å². The average Bonchev–Trinajstić information content (AvgIpc) is 2.57. The maximum atomic E-state index is 13.8. The highest BCUT2D eigenvalue weighted by Gasteiger charge is 2.33. The lowest BCUT2D eigenvalue weighted by Crippen LogP contribution is -2.07. The molecular formula is C19H10BrF5O. The van der Waals surface area contributed by atoms with Crippen LogP contribution < -0.4 is 4.74 Å². The van der Waals surface area contributed by atoms with E-state index >= 15 is 0 Å². The molecule has 0 unspecified atom stereocenters. The standard InChI is InChI=1S/C19H10BrF5O/c20-12-4-7-17(22)18(9-12)26-14-3-1-2-11(8-14)15-10-13(21)5-6-16(15)19(23,24)25/h1-10H. The van der Waals surface area contributed by atoms with Crippen LogP contribution in [0.2, 0.25) is 0 Å². The van der Waals surface area contributed by atoms with Crippen molar-refractivity contribution in [2.24, 2.45) is 0 Å². The Morgan fingerprint density at radius 1 is 0.846 bits per heavy atom. The second-order valence-electron chi connectivity index (χ2n) is 5.39. The van der Waals surface area contributed by atoms with Crippen molar-refractivity contribution in [3.63, 3.8) is 0 Å². The summed E-state index contributed by atoms with van der Waals surface area (Å²) < 4.78 is 72.9. The number of halogens is 6. The van der Waals surface area contributed by atoms with Gasteiger partial charge in [0.05, 0.1) is 5.56 Å². The number of hydrogen-bond donors (Lipinski definition) is 0. The highest BCUT2D eigenvalue weighted by molar-refractivity contribution is 9.10. The van der Waals surface area contributed by atoms with Gasteiger partial charge in [0.25, 0.3) is 0 Å². The first-order valence-corrected chi connectivity index (χ1v) is 8.13. The van der Waals surface area contributed by atoms with Crippen molar-refractivity contribution < 1.29 is 26.7 Å². The number of ether oxygens (including phenoxy) is 1. The Balaban J connectivity index is 2.03. The lowest BCUT2D eigenvalue weighted by Gasteiger charge is -2.14. The zero-order valence-corrected chi connectivity index (χ0v) is 14.5. The van der Waals surface area contributed by atoms with Crippen LogP contribution in [0.15, 0.2) is 65.1 Å². The number of alkyl halides is 3. The first kappa shape index (κ1) is 18.4. The molecule has 3 aromatic rings. The van der Waals surface area contributed by atoms with Crippen LogP contribution in [0.25, 0.3) is 11.1 Å². The molecule has 0 N–H and O–H groups in total. The molecule has 0 heterocycles. The van der Waals surface area contributed by atoms with Gasteiger partial charge in [0.2, 0.25) is 0 Å². The summed E-state index contributed by atoms with van der Waals surface area (Å²) in [5.74, 6) is -1.39. The molecule has 0 aliphatic rings. The lowest BCUT2D eigenvalue weighted by atomic mass is 9.99. The molecule has 7 heteroatoms. The summed E-state index contributed by atoms with van der Waals surface area (Å²) in [7, 11) is 0. The van der Waals surface area contributed by atoms with E-state index in [1.807, 2.05) is 0 Å². The predicted molar refractivity (Wildman–Crippen MR) is 91.0 cm³/mol. The molecule has 0 fully saturated rings. The van der Waals surface area contributed by atoms with Crippen LogP contribution in [-0.4, -0.2) is 0 Å². The van der Waals surface area contributed by atoms with Crippen LogP contribution in [0.4, 0.5) is 22.0 Å². The maximum absolute atomic E-state index is 13.8. The summed E-state index contributed by atoms with van der Waals surface area (Å²) in [5, 5.41) is 0. The van der Waals surface area contributed by atoms with E-state index in [0.717, 1.165) is 12.1 Å². The Morgan fingerprint density at radius 3 is 2.35 bits per heavy atom. The van der Waals surface area contributed by atoms with Crippen molar-refractivity contribution in [2.75, 3.05) is 0 Å². The summed E-state index contributed by atoms with van der Waals surface area (Å²) in [5.41, 5.74) is -1.19. The van der Waals surface area contributed by atoms with Gasteiger partial charge < -0.3 is 4.74 Å². The van der Waals surface area contributed by atoms with Crippen molar-refractivity contribution >= 4 is 15.9 Å². The molecule has 3 rings (SSSR count). The van der Waals surface area contributed by atoms with Gasteiger partial charge in [-0.25, -0.2) is 8.78 Å². The fourth-order valence-corrected chi connectivity index (χ4v) is 2.75. The fourth-order valence-electron chi connectivity index (χ4n) is 2.41. The third-order valence-electron chi connectivity index (χ3n) is 3.55. The van der Waals surface area contributed by atoms with Crippen LogP contribution in [0.5, 0.6) is 11.5 Å². The van der Waals surface area contributed by atoms with Crippen molar-refractivity contribution in [3.05, 3.63) is 82.3 Å². The third-order valence-corrected chi connectivity index (χ3v) is 4.05. The van der Waals surface area contributed by atoms with Crippen LogP contribution in [0, 0.1) is 11.6 Å². The van der Waals surface area contributed by atoms with Gasteiger partial charge in [-0.05, 0) is 59.7 Å². The Morgan fingerprint density at radius 2 is 1.62 bits per heavy atom. The molecule has 0 aliphatic heterocycles. The van der Waals surface area contributed by atoms with E-state index in [4.69, 9.17) is 4.74 Å². The summed E-state index contributed by atoms with van der Waals surface area (Å²) >= 11 is 3.19. The number of benzene rings is 3. The molecule has 26 heavy (non-hydrogen) atoms. The van der Waals surface area contributed by atoms with Crippen LogP contribution in [0.3, 0.4) is 0 Å². The molecule has 1 nitrogen and oxygen atoms in total. The minimum Gasteiger partial charge on any atom is -0.454 e. The van der Waals surface area contributed by atoms with Crippen LogP contribution >= 0.6 is 15.9 Å². The quantitative estimate of drug-likeness (QED) is 0.400. The van der Waals surface area contributed by atoms with Gasteiger partial charge in [0.1, 0.15) is 11.6 Å². The van der Waals surface area contributed by atoms with E-state index in [1.165, 1.54) is 42.5 Å². The van der Waals surface area contributed by atoms with Gasteiger partial charge in [0, 0.05) is 4.47 Å². The lowest BCUT2D eigenvalue weighted by molar-refractivity contribution is -0.137. The normalized spacial score (nSPS) is 11.5. The van der Waals surface area contributed by atoms with E-state index in [-0.39, 0.29) is 22.6 Å². The largest absolute Gasteiger partial charge is 0.454 e. The van der Waals surface area contributed by atoms with Gasteiger partial charge in [-0.1, -0.05) is 28.1 Å². The zero-order valence-electron chi connectivity index (χ0n) is 12.9. The molecule has 0 aromatic heterocycles. The molecule has 3 aromatic carbocycles. The monoisotopic (exact) mass is 428 g/mol. The first-order chi connectivity index (χ1) is 12.2. The van der Waals surface area contributed by atoms with E-state index in [0.29, 0.717) is 10.5 Å². The fraction of sp³-hybridized carbons (Fsp3) is 0.0526. The second kappa shape index (κ2) is 7.07. The Hall–Kier alpha value is -2.41. The van der Waals surface area contributed by atoms with Gasteiger partial charge in [0.15, 0.2) is 11.6 Å². The molecule has 0 saturated heterocycles. The Labute approximate surface area is 154 Å². The number of rotatable bonds is 3. The van der Waals surface area contributed by atoms with Crippen LogP contribution in [0.1, 0.15) is 5.56 Å². The molecule has 0 aliphatic carbocycles. The molecule has 0 bridgehead atoms. The zero-order chi connectivity index (χ0) is 18.9. The van der Waals surface area contributed by atoms with Gasteiger partial charge in [-0.2, -0.15) is 13.2 Å². The Kier molecular flexibility index (Phi) is 5.00. The molecule has 0 amide bonds. The SMILES string of the molecule is Fc1ccc(C(F)(F)F)c(-c2cccc(Oc3cc(Br)ccc3F)c2)c1. The number of hydrogen-bond acceptors (Lipinski definition) is 1. The van der Waals surface area contributed by atoms with Crippen molar-refractivity contribution in [2.45, 2.75) is 6.18 Å². The van der Waals surface area contributed by atoms with E-state index in [1.54, 1.807) is 0 Å². The summed E-state index contributed by atoms with van der Waals surface area (Å²) in [6.07, 6.45) is -4.64. The predicted octanol–water partition coefficient (Wildman–Crippen LogP) is 7.21. The summed E-state index contributed by atoms with van der Waals surface area (Å²) in [6, 6.07) is 11.9. The minimum atomic E-state index is -4.64. The molecular weight excluding hydrogens is 419 g/mol. The van der Waals surface area contributed by atoms with Crippen LogP contribution in [-0.2, 0) is 6.18 Å². The summed E-state index contributed by atoms with van der Waals surface area (Å²) in [6.45, 7) is 0. The van der Waals surface area contributed by atoms with E-state index in [2.05, 4.69) is 15.9 Å². The average molecular weight is 429 g/mol. The first-order valence-electron chi connectivity index (χ1n) is 7.34. The van der Waals surface area contributed by atoms with Gasteiger partial charge in [-0.3, -0.25) is 0 Å². The molecule has 0 radical (unpaired) electrons. The molecule has 0 atom stereocenters. The van der Waals surface area contributed by atoms with Gasteiger partial charge in [-0.15, -0.1) is 0 Å². The van der Waals surface area contributed by atoms with E-state index in [9.17, 15) is 22.0 Å². The molecule has 0 saturated carbocycles. The Bertz CT molecular complexity index is 953. The topological polar surface area (TPSA) is 9.23 Å². The third kappa shape index (κ3) is 4.04. The molecule has 0 spiro atoms. The highest BCUT2D eigenvalue weighted by Crippen LogP contribution is 2.39. The minimum absolute atomic E-state index is 0.0909.